The summed E-state index contributed by atoms with van der Waals surface area (Å²) in [6.45, 7) is 3.02. The van der Waals surface area contributed by atoms with Crippen LogP contribution in [0.5, 0.6) is 5.75 Å². The Hall–Kier alpha value is -0.610. The van der Waals surface area contributed by atoms with E-state index in [1.165, 1.54) is 13.5 Å². The van der Waals surface area contributed by atoms with Crippen molar-refractivity contribution in [3.8, 4) is 5.75 Å². The molecule has 1 saturated heterocycles. The van der Waals surface area contributed by atoms with Gasteiger partial charge < -0.3 is 4.74 Å². The highest BCUT2D eigenvalue weighted by atomic mass is 79.9. The molecule has 4 heteroatoms. The van der Waals surface area contributed by atoms with Gasteiger partial charge in [-0.3, -0.25) is 4.90 Å². The summed E-state index contributed by atoms with van der Waals surface area (Å²) in [4.78, 5) is 2.37. The van der Waals surface area contributed by atoms with Crippen LogP contribution in [0.15, 0.2) is 18.2 Å². The van der Waals surface area contributed by atoms with E-state index in [2.05, 4.69) is 20.8 Å². The van der Waals surface area contributed by atoms with Crippen LogP contribution < -0.4 is 4.74 Å². The number of alkyl halides is 1. The zero-order valence-corrected chi connectivity index (χ0v) is 11.5. The summed E-state index contributed by atoms with van der Waals surface area (Å²) in [5.74, 6) is 0.771. The van der Waals surface area contributed by atoms with Crippen LogP contribution in [0.25, 0.3) is 0 Å². The number of hydrogen-bond acceptors (Lipinski definition) is 2. The van der Waals surface area contributed by atoms with Crippen molar-refractivity contribution in [3.05, 3.63) is 29.6 Å². The highest BCUT2D eigenvalue weighted by Crippen LogP contribution is 2.22. The maximum Gasteiger partial charge on any atom is 0.165 e. The fraction of sp³-hybridized carbons (Fsp3) is 0.538. The molecule has 2 nitrogen and oxygen atoms in total. The van der Waals surface area contributed by atoms with Crippen LogP contribution in [0, 0.1) is 11.7 Å². The number of hydrogen-bond donors (Lipinski definition) is 0. The van der Waals surface area contributed by atoms with Crippen LogP contribution in [0.4, 0.5) is 4.39 Å². The Morgan fingerprint density at radius 3 is 2.94 bits per heavy atom. The fourth-order valence-electron chi connectivity index (χ4n) is 2.25. The molecule has 1 heterocycles. The van der Waals surface area contributed by atoms with Gasteiger partial charge in [0.1, 0.15) is 0 Å². The summed E-state index contributed by atoms with van der Waals surface area (Å²) in [5, 5.41) is 1.06. The second kappa shape index (κ2) is 5.83. The first kappa shape index (κ1) is 12.8. The molecular formula is C13H17BrFNO. The lowest BCUT2D eigenvalue weighted by atomic mass is 10.2. The van der Waals surface area contributed by atoms with Gasteiger partial charge in [-0.2, -0.15) is 0 Å². The lowest BCUT2D eigenvalue weighted by molar-refractivity contribution is 0.320. The highest BCUT2D eigenvalue weighted by molar-refractivity contribution is 9.09. The smallest absolute Gasteiger partial charge is 0.165 e. The molecule has 1 aliphatic heterocycles. The van der Waals surface area contributed by atoms with Gasteiger partial charge in [-0.25, -0.2) is 4.39 Å². The second-order valence-corrected chi connectivity index (χ2v) is 5.16. The van der Waals surface area contributed by atoms with Crippen LogP contribution in [-0.4, -0.2) is 30.4 Å². The number of halogens is 2. The Labute approximate surface area is 110 Å². The number of benzene rings is 1. The summed E-state index contributed by atoms with van der Waals surface area (Å²) in [6.07, 6.45) is 1.23. The third-order valence-corrected chi connectivity index (χ3v) is 4.13. The van der Waals surface area contributed by atoms with Crippen LogP contribution in [0.1, 0.15) is 12.0 Å². The van der Waals surface area contributed by atoms with Crippen molar-refractivity contribution in [1.29, 1.82) is 0 Å². The maximum atomic E-state index is 13.5. The monoisotopic (exact) mass is 301 g/mol. The van der Waals surface area contributed by atoms with Crippen molar-refractivity contribution in [3.63, 3.8) is 0 Å². The molecule has 0 aliphatic carbocycles. The van der Waals surface area contributed by atoms with Gasteiger partial charge >= 0.3 is 0 Å². The molecule has 1 atom stereocenters. The first-order valence-electron chi connectivity index (χ1n) is 5.83. The fourth-order valence-corrected chi connectivity index (χ4v) is 2.78. The van der Waals surface area contributed by atoms with Gasteiger partial charge in [0.25, 0.3) is 0 Å². The summed E-state index contributed by atoms with van der Waals surface area (Å²) >= 11 is 3.52. The maximum absolute atomic E-state index is 13.5. The number of ether oxygens (including phenoxy) is 1. The van der Waals surface area contributed by atoms with E-state index in [-0.39, 0.29) is 5.82 Å². The van der Waals surface area contributed by atoms with E-state index in [1.807, 2.05) is 6.07 Å². The van der Waals surface area contributed by atoms with E-state index in [0.29, 0.717) is 5.75 Å². The van der Waals surface area contributed by atoms with Gasteiger partial charge in [-0.1, -0.05) is 22.0 Å². The lowest BCUT2D eigenvalue weighted by Gasteiger charge is -2.16. The van der Waals surface area contributed by atoms with Crippen molar-refractivity contribution < 1.29 is 9.13 Å². The third-order valence-electron chi connectivity index (χ3n) is 3.21. The molecule has 0 saturated carbocycles. The number of nitrogens with zero attached hydrogens (tertiary/aromatic N) is 1. The van der Waals surface area contributed by atoms with Gasteiger partial charge in [0.05, 0.1) is 7.11 Å². The molecule has 0 radical (unpaired) electrons. The molecule has 2 rings (SSSR count). The Morgan fingerprint density at radius 1 is 1.53 bits per heavy atom. The standard InChI is InChI=1S/C13H17BrFNO/c1-17-13-3-2-10(6-12(13)15)8-16-5-4-11(7-14)9-16/h2-3,6,11H,4-5,7-9H2,1H3. The van der Waals surface area contributed by atoms with Crippen molar-refractivity contribution in [2.45, 2.75) is 13.0 Å². The normalized spacial score (nSPS) is 20.8. The van der Waals surface area contributed by atoms with E-state index in [0.717, 1.165) is 36.4 Å². The Morgan fingerprint density at radius 2 is 2.35 bits per heavy atom. The van der Waals surface area contributed by atoms with Gasteiger partial charge in [-0.15, -0.1) is 0 Å². The third kappa shape index (κ3) is 3.19. The van der Waals surface area contributed by atoms with Crippen LogP contribution >= 0.6 is 15.9 Å². The minimum Gasteiger partial charge on any atom is -0.494 e. The molecule has 1 aromatic carbocycles. The minimum atomic E-state index is -0.277. The van der Waals surface area contributed by atoms with Gasteiger partial charge in [0, 0.05) is 18.4 Å². The predicted molar refractivity (Wildman–Crippen MR) is 70.1 cm³/mol. The molecule has 0 aromatic heterocycles. The summed E-state index contributed by atoms with van der Waals surface area (Å²) in [7, 11) is 1.49. The molecule has 0 spiro atoms. The Kier molecular flexibility index (Phi) is 4.40. The minimum absolute atomic E-state index is 0.277. The summed E-state index contributed by atoms with van der Waals surface area (Å²) in [5.41, 5.74) is 1.01. The first-order chi connectivity index (χ1) is 8.22. The van der Waals surface area contributed by atoms with Crippen molar-refractivity contribution in [2.75, 3.05) is 25.5 Å². The largest absolute Gasteiger partial charge is 0.494 e. The van der Waals surface area contributed by atoms with Gasteiger partial charge in [0.15, 0.2) is 11.6 Å². The zero-order chi connectivity index (χ0) is 12.3. The topological polar surface area (TPSA) is 12.5 Å². The van der Waals surface area contributed by atoms with Gasteiger partial charge in [0.2, 0.25) is 0 Å². The van der Waals surface area contributed by atoms with Crippen LogP contribution in [0.2, 0.25) is 0 Å². The average molecular weight is 302 g/mol. The van der Waals surface area contributed by atoms with Crippen molar-refractivity contribution >= 4 is 15.9 Å². The molecule has 0 N–H and O–H groups in total. The number of likely N-dealkylation sites (tertiary alicyclic amines) is 1. The quantitative estimate of drug-likeness (QED) is 0.793. The molecular weight excluding hydrogens is 285 g/mol. The van der Waals surface area contributed by atoms with Gasteiger partial charge in [-0.05, 0) is 36.6 Å². The summed E-state index contributed by atoms with van der Waals surface area (Å²) < 4.78 is 18.4. The number of methoxy groups -OCH3 is 1. The molecule has 1 aliphatic rings. The zero-order valence-electron chi connectivity index (χ0n) is 9.96. The molecule has 0 amide bonds. The van der Waals surface area contributed by atoms with E-state index in [4.69, 9.17) is 4.74 Å². The van der Waals surface area contributed by atoms with Crippen LogP contribution in [0.3, 0.4) is 0 Å². The molecule has 1 aromatic rings. The predicted octanol–water partition coefficient (Wildman–Crippen LogP) is 3.05. The van der Waals surface area contributed by atoms with E-state index in [9.17, 15) is 4.39 Å². The van der Waals surface area contributed by atoms with Crippen molar-refractivity contribution in [2.24, 2.45) is 5.92 Å². The molecule has 0 bridgehead atoms. The summed E-state index contributed by atoms with van der Waals surface area (Å²) in [6, 6.07) is 5.20. The Balaban J connectivity index is 1.97. The first-order valence-corrected chi connectivity index (χ1v) is 6.96. The van der Waals surface area contributed by atoms with Crippen molar-refractivity contribution in [1.82, 2.24) is 4.90 Å². The lowest BCUT2D eigenvalue weighted by Crippen LogP contribution is -2.20. The SMILES string of the molecule is COc1ccc(CN2CCC(CBr)C2)cc1F. The second-order valence-electron chi connectivity index (χ2n) is 4.51. The highest BCUT2D eigenvalue weighted by Gasteiger charge is 2.21. The number of rotatable bonds is 4. The van der Waals surface area contributed by atoms with Crippen LogP contribution in [-0.2, 0) is 6.54 Å². The van der Waals surface area contributed by atoms with E-state index >= 15 is 0 Å². The molecule has 1 unspecified atom stereocenters. The van der Waals surface area contributed by atoms with E-state index in [1.54, 1.807) is 12.1 Å². The average Bonchev–Trinajstić information content (AvgIpc) is 2.77. The Bertz CT molecular complexity index is 386. The molecule has 1 fully saturated rings. The molecule has 17 heavy (non-hydrogen) atoms. The van der Waals surface area contributed by atoms with E-state index < -0.39 is 0 Å². The molecule has 94 valence electrons.